The molecule has 0 radical (unpaired) electrons. The van der Waals surface area contributed by atoms with Crippen LogP contribution >= 0.6 is 0 Å². The van der Waals surface area contributed by atoms with E-state index in [-0.39, 0.29) is 16.9 Å². The average molecular weight is 725 g/mol. The van der Waals surface area contributed by atoms with Crippen molar-refractivity contribution in [3.63, 3.8) is 0 Å². The number of esters is 1. The molecule has 3 aromatic rings. The van der Waals surface area contributed by atoms with Gasteiger partial charge in [-0.1, -0.05) is 111 Å². The molecule has 1 N–H and O–H groups in total. The maximum Gasteiger partial charge on any atom is 0.335 e. The summed E-state index contributed by atoms with van der Waals surface area (Å²) in [5.74, 6) is 3.52. The molecule has 6 heteroatoms. The molecule has 1 amide bonds. The van der Waals surface area contributed by atoms with E-state index in [1.807, 2.05) is 64.1 Å². The fraction of sp³-hybridized carbons (Fsp3) is 0.596. The molecule has 1 aliphatic heterocycles. The summed E-state index contributed by atoms with van der Waals surface area (Å²) in [6.45, 7) is 22.0. The van der Waals surface area contributed by atoms with Crippen molar-refractivity contribution in [1.82, 2.24) is 4.98 Å². The number of hydrogen-bond donors (Lipinski definition) is 1. The Morgan fingerprint density at radius 1 is 0.925 bits per heavy atom. The largest absolute Gasteiger partial charge is 0.487 e. The van der Waals surface area contributed by atoms with E-state index < -0.39 is 5.97 Å². The molecule has 0 fully saturated rings. The summed E-state index contributed by atoms with van der Waals surface area (Å²) in [6.07, 6.45) is 19.4. The smallest absolute Gasteiger partial charge is 0.335 e. The Labute approximate surface area is 320 Å². The SMILES string of the molecule is Cc1c(C)c2c(c(C)c1OC(=O)/C=C/CC(C)(C)CC(=O)Nc1cccc3cccnc13)CC[C@](C)(CCC[C@H](C)CCC[C@H](C)CCCC(C)C)O2. The lowest BCUT2D eigenvalue weighted by atomic mass is 9.83. The Bertz CT molecular complexity index is 1720. The minimum absolute atomic E-state index is 0.0870. The molecule has 1 aliphatic rings. The number of rotatable bonds is 19. The summed E-state index contributed by atoms with van der Waals surface area (Å²) in [5, 5.41) is 4.00. The lowest BCUT2D eigenvalue weighted by molar-refractivity contribution is -0.129. The third-order valence-electron chi connectivity index (χ3n) is 11.5. The van der Waals surface area contributed by atoms with Crippen molar-refractivity contribution in [2.75, 3.05) is 5.32 Å². The van der Waals surface area contributed by atoms with E-state index in [1.165, 1.54) is 57.4 Å². The summed E-state index contributed by atoms with van der Waals surface area (Å²) in [7, 11) is 0. The van der Waals surface area contributed by atoms with Crippen LogP contribution in [-0.2, 0) is 16.0 Å². The van der Waals surface area contributed by atoms with Crippen LogP contribution in [0.5, 0.6) is 11.5 Å². The normalized spacial score (nSPS) is 17.1. The zero-order valence-electron chi connectivity index (χ0n) is 34.6. The van der Waals surface area contributed by atoms with E-state index in [9.17, 15) is 9.59 Å². The second kappa shape index (κ2) is 19.1. The fourth-order valence-electron chi connectivity index (χ4n) is 7.93. The lowest BCUT2D eigenvalue weighted by Gasteiger charge is -2.38. The number of para-hydroxylation sites is 1. The number of ether oxygens (including phenoxy) is 2. The Morgan fingerprint density at radius 3 is 2.28 bits per heavy atom. The number of carbonyl (C=O) groups is 2. The van der Waals surface area contributed by atoms with Crippen LogP contribution in [0, 0.1) is 43.9 Å². The zero-order valence-corrected chi connectivity index (χ0v) is 34.6. The first-order valence-corrected chi connectivity index (χ1v) is 20.4. The molecule has 0 unspecified atom stereocenters. The van der Waals surface area contributed by atoms with Crippen molar-refractivity contribution in [2.24, 2.45) is 23.2 Å². The first-order chi connectivity index (χ1) is 25.1. The number of pyridine rings is 1. The van der Waals surface area contributed by atoms with Crippen molar-refractivity contribution in [1.29, 1.82) is 0 Å². The van der Waals surface area contributed by atoms with Crippen molar-refractivity contribution < 1.29 is 19.1 Å². The van der Waals surface area contributed by atoms with Crippen LogP contribution in [0.15, 0.2) is 48.7 Å². The monoisotopic (exact) mass is 725 g/mol. The van der Waals surface area contributed by atoms with Gasteiger partial charge in [0.05, 0.1) is 11.2 Å². The molecule has 0 bridgehead atoms. The predicted octanol–water partition coefficient (Wildman–Crippen LogP) is 12.6. The third-order valence-corrected chi connectivity index (χ3v) is 11.5. The van der Waals surface area contributed by atoms with Crippen LogP contribution in [0.1, 0.15) is 148 Å². The molecule has 1 aromatic heterocycles. The summed E-state index contributed by atoms with van der Waals surface area (Å²) in [6, 6.07) is 9.62. The molecule has 6 nitrogen and oxygen atoms in total. The van der Waals surface area contributed by atoms with Gasteiger partial charge in [-0.2, -0.15) is 0 Å². The van der Waals surface area contributed by atoms with E-state index in [1.54, 1.807) is 6.20 Å². The van der Waals surface area contributed by atoms with E-state index in [0.717, 1.165) is 75.9 Å². The number of fused-ring (bicyclic) bond motifs is 2. The summed E-state index contributed by atoms with van der Waals surface area (Å²) in [5.41, 5.74) is 5.06. The molecule has 0 saturated heterocycles. The molecule has 53 heavy (non-hydrogen) atoms. The summed E-state index contributed by atoms with van der Waals surface area (Å²) < 4.78 is 12.8. The standard InChI is InChI=1S/C47H68N2O4/c1-32(2)17-11-18-33(3)19-12-20-34(4)21-14-28-47(10)29-26-39-37(7)44(35(5)36(6)45(39)53-47)52-42(51)25-15-27-46(8,9)31-41(50)49-40-24-13-22-38-23-16-30-48-43(38)40/h13,15-16,22-25,30,32-34H,11-12,14,17-21,26-29,31H2,1-10H3,(H,49,50)/b25-15+/t33-,34-,47+/m1/s1. The third kappa shape index (κ3) is 12.4. The number of anilines is 1. The van der Waals surface area contributed by atoms with Gasteiger partial charge in [0.15, 0.2) is 0 Å². The first-order valence-electron chi connectivity index (χ1n) is 20.4. The Morgan fingerprint density at radius 2 is 1.58 bits per heavy atom. The number of amides is 1. The Balaban J connectivity index is 1.25. The quantitative estimate of drug-likeness (QED) is 0.0756. The van der Waals surface area contributed by atoms with Gasteiger partial charge in [0.2, 0.25) is 5.91 Å². The average Bonchev–Trinajstić information content (AvgIpc) is 3.08. The highest BCUT2D eigenvalue weighted by Crippen LogP contribution is 2.45. The second-order valence-electron chi connectivity index (χ2n) is 17.7. The van der Waals surface area contributed by atoms with Crippen LogP contribution < -0.4 is 14.8 Å². The van der Waals surface area contributed by atoms with Gasteiger partial charge in [-0.25, -0.2) is 4.79 Å². The van der Waals surface area contributed by atoms with E-state index in [2.05, 4.69) is 51.8 Å². The van der Waals surface area contributed by atoms with Crippen LogP contribution in [0.2, 0.25) is 0 Å². The van der Waals surface area contributed by atoms with Gasteiger partial charge in [-0.15, -0.1) is 0 Å². The van der Waals surface area contributed by atoms with E-state index >= 15 is 0 Å². The highest BCUT2D eigenvalue weighted by molar-refractivity contribution is 6.00. The van der Waals surface area contributed by atoms with Gasteiger partial charge < -0.3 is 14.8 Å². The van der Waals surface area contributed by atoms with Gasteiger partial charge in [-0.05, 0) is 112 Å². The molecule has 4 rings (SSSR count). The number of carbonyl (C=O) groups excluding carboxylic acids is 2. The minimum Gasteiger partial charge on any atom is -0.487 e. The van der Waals surface area contributed by atoms with Crippen molar-refractivity contribution in [3.05, 3.63) is 70.9 Å². The molecule has 290 valence electrons. The summed E-state index contributed by atoms with van der Waals surface area (Å²) >= 11 is 0. The van der Waals surface area contributed by atoms with Crippen molar-refractivity contribution >= 4 is 28.5 Å². The van der Waals surface area contributed by atoms with Crippen molar-refractivity contribution in [3.8, 4) is 11.5 Å². The number of allylic oxidation sites excluding steroid dienone is 1. The van der Waals surface area contributed by atoms with Gasteiger partial charge in [0.25, 0.3) is 0 Å². The van der Waals surface area contributed by atoms with Crippen LogP contribution in [0.4, 0.5) is 5.69 Å². The van der Waals surface area contributed by atoms with Crippen LogP contribution in [0.3, 0.4) is 0 Å². The van der Waals surface area contributed by atoms with Crippen LogP contribution in [0.25, 0.3) is 10.9 Å². The fourth-order valence-corrected chi connectivity index (χ4v) is 7.93. The highest BCUT2D eigenvalue weighted by atomic mass is 16.5. The number of hydrogen-bond acceptors (Lipinski definition) is 5. The molecule has 0 spiro atoms. The first kappa shape index (κ1) is 42.1. The minimum atomic E-state index is -0.408. The van der Waals surface area contributed by atoms with Crippen LogP contribution in [-0.4, -0.2) is 22.5 Å². The molecule has 3 atom stereocenters. The maximum atomic E-state index is 13.1. The molecular weight excluding hydrogens is 657 g/mol. The van der Waals surface area contributed by atoms with Gasteiger partial charge in [-0.3, -0.25) is 9.78 Å². The lowest BCUT2D eigenvalue weighted by Crippen LogP contribution is -2.37. The molecule has 0 aliphatic carbocycles. The van der Waals surface area contributed by atoms with Crippen molar-refractivity contribution in [2.45, 2.75) is 158 Å². The Kier molecular flexibility index (Phi) is 15.1. The number of nitrogens with zero attached hydrogens (tertiary/aromatic N) is 1. The van der Waals surface area contributed by atoms with E-state index in [4.69, 9.17) is 9.47 Å². The number of nitrogens with one attached hydrogen (secondary N) is 1. The highest BCUT2D eigenvalue weighted by Gasteiger charge is 2.35. The predicted molar refractivity (Wildman–Crippen MR) is 221 cm³/mol. The topological polar surface area (TPSA) is 77.5 Å². The van der Waals surface area contributed by atoms with Gasteiger partial charge in [0, 0.05) is 29.6 Å². The second-order valence-corrected chi connectivity index (χ2v) is 17.7. The summed E-state index contributed by atoms with van der Waals surface area (Å²) in [4.78, 5) is 30.5. The number of aromatic nitrogens is 1. The van der Waals surface area contributed by atoms with Gasteiger partial charge in [0.1, 0.15) is 17.1 Å². The number of benzene rings is 2. The zero-order chi connectivity index (χ0) is 38.8. The van der Waals surface area contributed by atoms with E-state index in [0.29, 0.717) is 24.3 Å². The molecule has 2 aromatic carbocycles. The molecule has 0 saturated carbocycles. The maximum absolute atomic E-state index is 13.1. The molecular formula is C47H68N2O4. The Hall–Kier alpha value is -3.67. The molecule has 2 heterocycles. The van der Waals surface area contributed by atoms with Gasteiger partial charge >= 0.3 is 5.97 Å².